The van der Waals surface area contributed by atoms with Crippen LogP contribution in [0.1, 0.15) is 63.4 Å². The Balaban J connectivity index is 1.45. The summed E-state index contributed by atoms with van der Waals surface area (Å²) in [4.78, 5) is 15.6. The summed E-state index contributed by atoms with van der Waals surface area (Å²) in [5, 5.41) is 3.68. The lowest BCUT2D eigenvalue weighted by molar-refractivity contribution is -0.140. The zero-order valence-electron chi connectivity index (χ0n) is 15.7. The molecule has 0 aromatic heterocycles. The summed E-state index contributed by atoms with van der Waals surface area (Å²) in [6.07, 6.45) is 9.83. The van der Waals surface area contributed by atoms with E-state index >= 15 is 0 Å². The fraction of sp³-hybridized carbons (Fsp3) is 0.682. The minimum atomic E-state index is -0.505. The van der Waals surface area contributed by atoms with Crippen molar-refractivity contribution in [2.75, 3.05) is 19.6 Å². The summed E-state index contributed by atoms with van der Waals surface area (Å²) in [7, 11) is 0. The number of amides is 1. The van der Waals surface area contributed by atoms with E-state index in [4.69, 9.17) is 0 Å². The van der Waals surface area contributed by atoms with Gasteiger partial charge in [-0.25, -0.2) is 4.39 Å². The number of nitrogens with zero attached hydrogens (tertiary/aromatic N) is 1. The van der Waals surface area contributed by atoms with Crippen LogP contribution in [0.5, 0.6) is 0 Å². The van der Waals surface area contributed by atoms with Gasteiger partial charge in [0, 0.05) is 19.1 Å². The predicted molar refractivity (Wildman–Crippen MR) is 101 cm³/mol. The van der Waals surface area contributed by atoms with Gasteiger partial charge in [0.25, 0.3) is 0 Å². The molecule has 2 aliphatic carbocycles. The minimum absolute atomic E-state index is 0.233. The number of hydrogen-bond acceptors (Lipinski definition) is 2. The molecule has 1 amide bonds. The zero-order chi connectivity index (χ0) is 18.0. The second-order valence-corrected chi connectivity index (χ2v) is 8.57. The van der Waals surface area contributed by atoms with Crippen molar-refractivity contribution < 1.29 is 9.18 Å². The first-order valence-corrected chi connectivity index (χ1v) is 10.5. The Hall–Kier alpha value is -1.42. The normalized spacial score (nSPS) is 23.8. The van der Waals surface area contributed by atoms with Crippen LogP contribution < -0.4 is 5.32 Å². The van der Waals surface area contributed by atoms with Crippen molar-refractivity contribution in [3.63, 3.8) is 0 Å². The highest BCUT2D eigenvalue weighted by Crippen LogP contribution is 2.41. The van der Waals surface area contributed by atoms with Gasteiger partial charge in [-0.3, -0.25) is 4.79 Å². The molecule has 1 aliphatic heterocycles. The Labute approximate surface area is 156 Å². The van der Waals surface area contributed by atoms with Gasteiger partial charge in [-0.15, -0.1) is 0 Å². The smallest absolute Gasteiger partial charge is 0.233 e. The number of carbonyl (C=O) groups excluding carboxylic acids is 1. The van der Waals surface area contributed by atoms with Gasteiger partial charge in [0.15, 0.2) is 0 Å². The lowest BCUT2D eigenvalue weighted by atomic mass is 9.68. The Morgan fingerprint density at radius 3 is 2.50 bits per heavy atom. The van der Waals surface area contributed by atoms with Crippen molar-refractivity contribution >= 4 is 5.91 Å². The standard InChI is InChI=1S/C22H31FN2O/c23-19-6-4-5-18(15-19)22(11-2-1-3-12-22)21(26)25-13-9-20(10-14-25)24-16-17-7-8-17/h4-6,15,17,20,24H,1-3,7-14,16H2. The second-order valence-electron chi connectivity index (χ2n) is 8.57. The Morgan fingerprint density at radius 1 is 1.12 bits per heavy atom. The van der Waals surface area contributed by atoms with E-state index < -0.39 is 5.41 Å². The Morgan fingerprint density at radius 2 is 1.85 bits per heavy atom. The quantitative estimate of drug-likeness (QED) is 0.862. The molecule has 0 bridgehead atoms. The van der Waals surface area contributed by atoms with E-state index in [2.05, 4.69) is 10.2 Å². The molecule has 2 saturated carbocycles. The third kappa shape index (κ3) is 3.80. The first-order valence-electron chi connectivity index (χ1n) is 10.5. The highest BCUT2D eigenvalue weighted by Gasteiger charge is 2.44. The molecule has 3 aliphatic rings. The lowest BCUT2D eigenvalue weighted by Crippen LogP contribution is -2.52. The average molecular weight is 359 g/mol. The first-order chi connectivity index (χ1) is 12.7. The molecular weight excluding hydrogens is 327 g/mol. The number of hydrogen-bond donors (Lipinski definition) is 1. The largest absolute Gasteiger partial charge is 0.342 e. The highest BCUT2D eigenvalue weighted by molar-refractivity contribution is 5.88. The molecule has 0 unspecified atom stereocenters. The van der Waals surface area contributed by atoms with Crippen LogP contribution >= 0.6 is 0 Å². The molecule has 1 heterocycles. The zero-order valence-corrected chi connectivity index (χ0v) is 15.7. The maximum Gasteiger partial charge on any atom is 0.233 e. The van der Waals surface area contributed by atoms with E-state index in [0.717, 1.165) is 69.6 Å². The van der Waals surface area contributed by atoms with E-state index in [1.165, 1.54) is 25.3 Å². The maximum absolute atomic E-state index is 13.9. The van der Waals surface area contributed by atoms with Crippen molar-refractivity contribution in [2.45, 2.75) is 69.2 Å². The maximum atomic E-state index is 13.9. The summed E-state index contributed by atoms with van der Waals surface area (Å²) in [5.74, 6) is 0.903. The van der Waals surface area contributed by atoms with Crippen molar-refractivity contribution in [2.24, 2.45) is 5.92 Å². The number of rotatable bonds is 5. The first kappa shape index (κ1) is 18.0. The fourth-order valence-electron chi connectivity index (χ4n) is 4.81. The number of halogens is 1. The van der Waals surface area contributed by atoms with Crippen LogP contribution in [0.3, 0.4) is 0 Å². The Bertz CT molecular complexity index is 629. The van der Waals surface area contributed by atoms with Crippen molar-refractivity contribution in [1.29, 1.82) is 0 Å². The predicted octanol–water partition coefficient (Wildman–Crippen LogP) is 4.02. The number of piperidine rings is 1. The number of nitrogens with one attached hydrogen (secondary N) is 1. The van der Waals surface area contributed by atoms with Crippen LogP contribution in [-0.2, 0) is 10.2 Å². The number of benzene rings is 1. The number of carbonyl (C=O) groups is 1. The van der Waals surface area contributed by atoms with Gasteiger partial charge in [-0.1, -0.05) is 31.4 Å². The molecule has 4 rings (SSSR count). The molecule has 1 N–H and O–H groups in total. The van der Waals surface area contributed by atoms with Crippen LogP contribution in [0.25, 0.3) is 0 Å². The molecule has 0 atom stereocenters. The third-order valence-electron chi connectivity index (χ3n) is 6.67. The van der Waals surface area contributed by atoms with Crippen LogP contribution in [0, 0.1) is 11.7 Å². The van der Waals surface area contributed by atoms with E-state index in [1.807, 2.05) is 6.07 Å². The average Bonchev–Trinajstić information content (AvgIpc) is 3.51. The van der Waals surface area contributed by atoms with Crippen LogP contribution in [0.4, 0.5) is 4.39 Å². The topological polar surface area (TPSA) is 32.3 Å². The van der Waals surface area contributed by atoms with E-state index in [1.54, 1.807) is 12.1 Å². The molecule has 4 heteroatoms. The molecule has 0 spiro atoms. The summed E-state index contributed by atoms with van der Waals surface area (Å²) >= 11 is 0. The monoisotopic (exact) mass is 358 g/mol. The molecule has 3 nitrogen and oxygen atoms in total. The highest BCUT2D eigenvalue weighted by atomic mass is 19.1. The molecular formula is C22H31FN2O. The second kappa shape index (κ2) is 7.67. The van der Waals surface area contributed by atoms with Gasteiger partial charge in [0.05, 0.1) is 5.41 Å². The molecule has 26 heavy (non-hydrogen) atoms. The molecule has 1 saturated heterocycles. The summed E-state index contributed by atoms with van der Waals surface area (Å²) < 4.78 is 13.9. The number of likely N-dealkylation sites (tertiary alicyclic amines) is 1. The molecule has 0 radical (unpaired) electrons. The fourth-order valence-corrected chi connectivity index (χ4v) is 4.81. The summed E-state index contributed by atoms with van der Waals surface area (Å²) in [6, 6.07) is 7.32. The summed E-state index contributed by atoms with van der Waals surface area (Å²) in [5.41, 5.74) is 0.380. The SMILES string of the molecule is O=C(N1CCC(NCC2CC2)CC1)C1(c2cccc(F)c2)CCCCC1. The molecule has 142 valence electrons. The van der Waals surface area contributed by atoms with Gasteiger partial charge in [0.1, 0.15) is 5.82 Å². The Kier molecular flexibility index (Phi) is 5.30. The van der Waals surface area contributed by atoms with E-state index in [0.29, 0.717) is 6.04 Å². The molecule has 3 fully saturated rings. The van der Waals surface area contributed by atoms with Crippen molar-refractivity contribution in [3.8, 4) is 0 Å². The van der Waals surface area contributed by atoms with Gasteiger partial charge in [-0.05, 0) is 68.7 Å². The van der Waals surface area contributed by atoms with E-state index in [9.17, 15) is 9.18 Å². The van der Waals surface area contributed by atoms with Crippen LogP contribution in [-0.4, -0.2) is 36.5 Å². The van der Waals surface area contributed by atoms with Crippen molar-refractivity contribution in [3.05, 3.63) is 35.6 Å². The summed E-state index contributed by atoms with van der Waals surface area (Å²) in [6.45, 7) is 2.81. The van der Waals surface area contributed by atoms with Crippen LogP contribution in [0.15, 0.2) is 24.3 Å². The van der Waals surface area contributed by atoms with E-state index in [-0.39, 0.29) is 11.7 Å². The molecule has 1 aromatic carbocycles. The van der Waals surface area contributed by atoms with Gasteiger partial charge >= 0.3 is 0 Å². The van der Waals surface area contributed by atoms with Crippen LogP contribution in [0.2, 0.25) is 0 Å². The van der Waals surface area contributed by atoms with Gasteiger partial charge in [0.2, 0.25) is 5.91 Å². The lowest BCUT2D eigenvalue weighted by Gasteiger charge is -2.42. The third-order valence-corrected chi connectivity index (χ3v) is 6.67. The minimum Gasteiger partial charge on any atom is -0.342 e. The molecule has 1 aromatic rings. The van der Waals surface area contributed by atoms with Crippen molar-refractivity contribution in [1.82, 2.24) is 10.2 Å². The van der Waals surface area contributed by atoms with Gasteiger partial charge < -0.3 is 10.2 Å². The van der Waals surface area contributed by atoms with Gasteiger partial charge in [-0.2, -0.15) is 0 Å².